The van der Waals surface area contributed by atoms with E-state index in [9.17, 15) is 19.5 Å². The molecule has 8 nitrogen and oxygen atoms in total. The molecule has 4 rings (SSSR count). The third-order valence-corrected chi connectivity index (χ3v) is 6.34. The number of aliphatic hydroxyl groups excluding tert-OH is 1. The predicted octanol–water partition coefficient (Wildman–Crippen LogP) is 3.83. The second kappa shape index (κ2) is 10.9. The van der Waals surface area contributed by atoms with Crippen LogP contribution in [0, 0.1) is 5.82 Å². The molecule has 3 amide bonds. The van der Waals surface area contributed by atoms with E-state index in [2.05, 4.69) is 0 Å². The first-order valence-corrected chi connectivity index (χ1v) is 12.0. The maximum atomic E-state index is 15.1. The number of fused-ring (bicyclic) bond motifs is 1. The number of hydrogen-bond donors (Lipinski definition) is 1. The molecule has 2 heterocycles. The third-order valence-electron chi connectivity index (χ3n) is 6.34. The number of nitrogens with zero attached hydrogens (tertiary/aromatic N) is 3. The highest BCUT2D eigenvalue weighted by molar-refractivity contribution is 6.21. The molecule has 9 heteroatoms. The molecule has 0 aliphatic carbocycles. The molecule has 2 aliphatic heterocycles. The molecule has 0 spiro atoms. The molecule has 1 N–H and O–H groups in total. The quantitative estimate of drug-likeness (QED) is 0.602. The first kappa shape index (κ1) is 24.7. The standard InChI is InChI=1S/C26H30FN3O5/c1-2-35-26(34)29(18-11-12-23(22(27)15-18)28-13-7-3-4-8-14-28)16-19(31)17-30-24(32)20-9-5-6-10-21(20)25(30)33/h5-6,9-12,15,19,31H,2-4,7-8,13-14,16-17H2,1H3/t19-/m1/s1. The number of hydrogen-bond acceptors (Lipinski definition) is 6. The number of carbonyl (C=O) groups is 3. The minimum absolute atomic E-state index is 0.0954. The lowest BCUT2D eigenvalue weighted by atomic mass is 10.1. The fourth-order valence-electron chi connectivity index (χ4n) is 4.60. The zero-order chi connectivity index (χ0) is 24.9. The van der Waals surface area contributed by atoms with E-state index < -0.39 is 29.8 Å². The Labute approximate surface area is 203 Å². The summed E-state index contributed by atoms with van der Waals surface area (Å²) in [5.74, 6) is -1.46. The first-order chi connectivity index (χ1) is 16.9. The number of benzene rings is 2. The Morgan fingerprint density at radius 1 is 1.06 bits per heavy atom. The van der Waals surface area contributed by atoms with E-state index >= 15 is 4.39 Å². The van der Waals surface area contributed by atoms with Crippen molar-refractivity contribution in [1.82, 2.24) is 4.90 Å². The Balaban J connectivity index is 1.51. The number of ether oxygens (including phenoxy) is 1. The largest absolute Gasteiger partial charge is 0.449 e. The van der Waals surface area contributed by atoms with Crippen molar-refractivity contribution in [2.75, 3.05) is 42.6 Å². The summed E-state index contributed by atoms with van der Waals surface area (Å²) in [5, 5.41) is 10.7. The van der Waals surface area contributed by atoms with Gasteiger partial charge < -0.3 is 14.7 Å². The number of rotatable bonds is 7. The van der Waals surface area contributed by atoms with Crippen molar-refractivity contribution >= 4 is 29.3 Å². The molecule has 2 aromatic carbocycles. The SMILES string of the molecule is CCOC(=O)N(C[C@@H](O)CN1C(=O)c2ccccc2C1=O)c1ccc(N2CCCCCC2)c(F)c1. The van der Waals surface area contributed by atoms with Gasteiger partial charge in [-0.25, -0.2) is 9.18 Å². The van der Waals surface area contributed by atoms with Crippen LogP contribution in [0.3, 0.4) is 0 Å². The van der Waals surface area contributed by atoms with Crippen molar-refractivity contribution in [3.63, 3.8) is 0 Å². The van der Waals surface area contributed by atoms with Crippen molar-refractivity contribution in [2.24, 2.45) is 0 Å². The topological polar surface area (TPSA) is 90.4 Å². The van der Waals surface area contributed by atoms with Crippen molar-refractivity contribution in [3.8, 4) is 0 Å². The average Bonchev–Trinajstić information content (AvgIpc) is 3.03. The summed E-state index contributed by atoms with van der Waals surface area (Å²) in [4.78, 5) is 42.0. The summed E-state index contributed by atoms with van der Waals surface area (Å²) in [6.07, 6.45) is 2.22. The van der Waals surface area contributed by atoms with E-state index in [1.807, 2.05) is 4.90 Å². The molecule has 2 aliphatic rings. The van der Waals surface area contributed by atoms with Gasteiger partial charge in [0.05, 0.1) is 48.3 Å². The lowest BCUT2D eigenvalue weighted by molar-refractivity contribution is 0.0551. The molecule has 1 atom stereocenters. The van der Waals surface area contributed by atoms with Gasteiger partial charge in [-0.3, -0.25) is 19.4 Å². The fourth-order valence-corrected chi connectivity index (χ4v) is 4.60. The Morgan fingerprint density at radius 2 is 1.69 bits per heavy atom. The van der Waals surface area contributed by atoms with Crippen LogP contribution in [-0.4, -0.2) is 66.8 Å². The Bertz CT molecular complexity index is 1070. The monoisotopic (exact) mass is 483 g/mol. The Kier molecular flexibility index (Phi) is 7.65. The molecule has 0 unspecified atom stereocenters. The molecular formula is C26H30FN3O5. The summed E-state index contributed by atoms with van der Waals surface area (Å²) >= 11 is 0. The smallest absolute Gasteiger partial charge is 0.414 e. The molecule has 0 saturated carbocycles. The molecule has 2 aromatic rings. The van der Waals surface area contributed by atoms with Gasteiger partial charge in [0, 0.05) is 13.1 Å². The van der Waals surface area contributed by atoms with Gasteiger partial charge in [0.15, 0.2) is 0 Å². The summed E-state index contributed by atoms with van der Waals surface area (Å²) in [5.41, 5.74) is 1.25. The van der Waals surface area contributed by atoms with Crippen LogP contribution in [0.5, 0.6) is 0 Å². The van der Waals surface area contributed by atoms with Crippen LogP contribution in [0.2, 0.25) is 0 Å². The zero-order valence-corrected chi connectivity index (χ0v) is 19.8. The van der Waals surface area contributed by atoms with Crippen molar-refractivity contribution < 1.29 is 28.6 Å². The first-order valence-electron chi connectivity index (χ1n) is 12.0. The third kappa shape index (κ3) is 5.30. The minimum Gasteiger partial charge on any atom is -0.449 e. The highest BCUT2D eigenvalue weighted by atomic mass is 19.1. The lowest BCUT2D eigenvalue weighted by Crippen LogP contribution is -2.44. The van der Waals surface area contributed by atoms with Gasteiger partial charge in [-0.05, 0) is 50.1 Å². The lowest BCUT2D eigenvalue weighted by Gasteiger charge is -2.28. The summed E-state index contributed by atoms with van der Waals surface area (Å²) in [6.45, 7) is 2.70. The van der Waals surface area contributed by atoms with Crippen molar-refractivity contribution in [2.45, 2.75) is 38.7 Å². The van der Waals surface area contributed by atoms with Gasteiger partial charge in [0.2, 0.25) is 0 Å². The molecular weight excluding hydrogens is 453 g/mol. The molecule has 186 valence electrons. The minimum atomic E-state index is -1.27. The molecule has 1 saturated heterocycles. The van der Waals surface area contributed by atoms with Crippen molar-refractivity contribution in [1.29, 1.82) is 0 Å². The Hall–Kier alpha value is -3.46. The number of β-amino-alcohol motifs (C(OH)–C–C–N with tert-alkyl or cyclic N) is 1. The highest BCUT2D eigenvalue weighted by Gasteiger charge is 2.36. The van der Waals surface area contributed by atoms with E-state index in [1.54, 1.807) is 43.3 Å². The molecule has 0 aromatic heterocycles. The summed E-state index contributed by atoms with van der Waals surface area (Å²) in [7, 11) is 0. The van der Waals surface area contributed by atoms with Gasteiger partial charge in [-0.1, -0.05) is 25.0 Å². The van der Waals surface area contributed by atoms with Crippen LogP contribution < -0.4 is 9.80 Å². The molecule has 35 heavy (non-hydrogen) atoms. The molecule has 0 radical (unpaired) electrons. The van der Waals surface area contributed by atoms with Gasteiger partial charge in [0.25, 0.3) is 11.8 Å². The van der Waals surface area contributed by atoms with Gasteiger partial charge >= 0.3 is 6.09 Å². The van der Waals surface area contributed by atoms with Crippen LogP contribution in [0.25, 0.3) is 0 Å². The fraction of sp³-hybridized carbons (Fsp3) is 0.423. The number of anilines is 2. The second-order valence-electron chi connectivity index (χ2n) is 8.77. The Morgan fingerprint density at radius 3 is 2.26 bits per heavy atom. The zero-order valence-electron chi connectivity index (χ0n) is 19.8. The second-order valence-corrected chi connectivity index (χ2v) is 8.77. The number of carbonyl (C=O) groups excluding carboxylic acids is 3. The number of halogens is 1. The highest BCUT2D eigenvalue weighted by Crippen LogP contribution is 2.28. The van der Waals surface area contributed by atoms with Crippen molar-refractivity contribution in [3.05, 3.63) is 59.4 Å². The van der Waals surface area contributed by atoms with E-state index in [4.69, 9.17) is 4.74 Å². The molecule has 0 bridgehead atoms. The summed E-state index contributed by atoms with van der Waals surface area (Å²) < 4.78 is 20.2. The summed E-state index contributed by atoms with van der Waals surface area (Å²) in [6, 6.07) is 11.0. The van der Waals surface area contributed by atoms with E-state index in [0.717, 1.165) is 48.6 Å². The molecule has 1 fully saturated rings. The normalized spacial score (nSPS) is 16.7. The maximum Gasteiger partial charge on any atom is 0.414 e. The van der Waals surface area contributed by atoms with E-state index in [1.165, 1.54) is 6.07 Å². The van der Waals surface area contributed by atoms with Gasteiger partial charge in [0.1, 0.15) is 5.82 Å². The number of aliphatic hydroxyl groups is 1. The van der Waals surface area contributed by atoms with Crippen LogP contribution in [-0.2, 0) is 4.74 Å². The maximum absolute atomic E-state index is 15.1. The van der Waals surface area contributed by atoms with Crippen LogP contribution in [0.15, 0.2) is 42.5 Å². The predicted molar refractivity (Wildman–Crippen MR) is 129 cm³/mol. The van der Waals surface area contributed by atoms with E-state index in [0.29, 0.717) is 5.69 Å². The van der Waals surface area contributed by atoms with Crippen LogP contribution in [0.1, 0.15) is 53.3 Å². The van der Waals surface area contributed by atoms with Gasteiger partial charge in [-0.2, -0.15) is 0 Å². The van der Waals surface area contributed by atoms with Gasteiger partial charge in [-0.15, -0.1) is 0 Å². The van der Waals surface area contributed by atoms with Crippen LogP contribution >= 0.6 is 0 Å². The number of amides is 3. The van der Waals surface area contributed by atoms with E-state index in [-0.39, 0.29) is 36.5 Å². The average molecular weight is 484 g/mol. The number of imide groups is 1. The van der Waals surface area contributed by atoms with Crippen LogP contribution in [0.4, 0.5) is 20.6 Å².